The lowest BCUT2D eigenvalue weighted by atomic mass is 10.1. The molecule has 0 atom stereocenters. The molecular formula is C21H14N2O4. The van der Waals surface area contributed by atoms with E-state index in [2.05, 4.69) is 9.72 Å². The fraction of sp³-hybridized carbons (Fsp3) is 0.0952. The van der Waals surface area contributed by atoms with Crippen LogP contribution >= 0.6 is 0 Å². The van der Waals surface area contributed by atoms with Crippen molar-refractivity contribution in [1.29, 1.82) is 0 Å². The van der Waals surface area contributed by atoms with Crippen LogP contribution < -0.4 is 10.3 Å². The van der Waals surface area contributed by atoms with Gasteiger partial charge in [-0.05, 0) is 30.3 Å². The molecule has 6 nitrogen and oxygen atoms in total. The third kappa shape index (κ3) is 2.16. The summed E-state index contributed by atoms with van der Waals surface area (Å²) in [6.07, 6.45) is 1.75. The van der Waals surface area contributed by atoms with Gasteiger partial charge in [0.25, 0.3) is 5.56 Å². The van der Waals surface area contributed by atoms with E-state index in [0.29, 0.717) is 11.1 Å². The zero-order valence-electron chi connectivity index (χ0n) is 14.4. The Balaban J connectivity index is 1.86. The van der Waals surface area contributed by atoms with Gasteiger partial charge in [-0.3, -0.25) is 14.2 Å². The number of rotatable bonds is 3. The maximum Gasteiger partial charge on any atom is 0.343 e. The highest BCUT2D eigenvalue weighted by Gasteiger charge is 2.18. The molecule has 0 unspecified atom stereocenters. The first-order valence-electron chi connectivity index (χ1n) is 8.46. The molecule has 6 heteroatoms. The normalized spacial score (nSPS) is 11.6. The van der Waals surface area contributed by atoms with Gasteiger partial charge in [-0.25, -0.2) is 4.79 Å². The Morgan fingerprint density at radius 3 is 2.67 bits per heavy atom. The number of ether oxygens (including phenoxy) is 2. The highest BCUT2D eigenvalue weighted by atomic mass is 16.6. The molecule has 0 N–H and O–H groups in total. The molecule has 3 aromatic heterocycles. The summed E-state index contributed by atoms with van der Waals surface area (Å²) in [5.74, 6) is 0.0853. The minimum absolute atomic E-state index is 0.0747. The Kier molecular flexibility index (Phi) is 3.27. The molecular weight excluding hydrogens is 344 g/mol. The molecule has 2 aromatic carbocycles. The molecule has 0 spiro atoms. The Morgan fingerprint density at radius 1 is 1.04 bits per heavy atom. The number of pyridine rings is 2. The van der Waals surface area contributed by atoms with E-state index in [1.165, 1.54) is 7.11 Å². The van der Waals surface area contributed by atoms with Gasteiger partial charge in [0, 0.05) is 27.7 Å². The number of carbonyl (C=O) groups is 1. The van der Waals surface area contributed by atoms with Gasteiger partial charge < -0.3 is 9.47 Å². The second-order valence-electron chi connectivity index (χ2n) is 6.29. The van der Waals surface area contributed by atoms with Crippen LogP contribution in [-0.4, -0.2) is 29.1 Å². The Hall–Kier alpha value is -3.67. The lowest BCUT2D eigenvalue weighted by molar-refractivity contribution is -0.142. The maximum atomic E-state index is 13.2. The summed E-state index contributed by atoms with van der Waals surface area (Å²) in [4.78, 5) is 29.0. The van der Waals surface area contributed by atoms with E-state index < -0.39 is 5.97 Å². The molecule has 0 saturated heterocycles. The number of fused-ring (bicyclic) bond motifs is 5. The van der Waals surface area contributed by atoms with Gasteiger partial charge in [0.1, 0.15) is 5.75 Å². The van der Waals surface area contributed by atoms with Crippen molar-refractivity contribution >= 4 is 44.1 Å². The van der Waals surface area contributed by atoms with Crippen molar-refractivity contribution < 1.29 is 14.3 Å². The van der Waals surface area contributed by atoms with Gasteiger partial charge in [-0.15, -0.1) is 0 Å². The van der Waals surface area contributed by atoms with E-state index >= 15 is 0 Å². The van der Waals surface area contributed by atoms with Gasteiger partial charge >= 0.3 is 5.97 Å². The number of methoxy groups -OCH3 is 1. The Bertz CT molecular complexity index is 1400. The van der Waals surface area contributed by atoms with Gasteiger partial charge in [-0.1, -0.05) is 18.2 Å². The number of hydrogen-bond donors (Lipinski definition) is 0. The molecule has 0 aliphatic rings. The van der Waals surface area contributed by atoms with Crippen LogP contribution in [0.4, 0.5) is 0 Å². The van der Waals surface area contributed by atoms with Crippen LogP contribution in [0.25, 0.3) is 38.1 Å². The predicted octanol–water partition coefficient (Wildman–Crippen LogP) is 3.14. The van der Waals surface area contributed by atoms with Crippen LogP contribution in [0.3, 0.4) is 0 Å². The van der Waals surface area contributed by atoms with Crippen LogP contribution in [0.5, 0.6) is 5.75 Å². The fourth-order valence-electron chi connectivity index (χ4n) is 3.64. The van der Waals surface area contributed by atoms with Gasteiger partial charge in [0.15, 0.2) is 6.61 Å². The van der Waals surface area contributed by atoms with E-state index in [0.717, 1.165) is 32.7 Å². The minimum atomic E-state index is -0.451. The number of aromatic nitrogens is 2. The first-order valence-corrected chi connectivity index (χ1v) is 8.46. The largest absolute Gasteiger partial charge is 0.482 e. The molecule has 5 aromatic rings. The summed E-state index contributed by atoms with van der Waals surface area (Å²) in [6.45, 7) is -0.169. The highest BCUT2D eigenvalue weighted by molar-refractivity contribution is 6.18. The number of hydrogen-bond acceptors (Lipinski definition) is 5. The standard InChI is InChI=1S/C21H14N2O4/c1-26-18(24)11-27-12-6-7-17-16(10-12)14-8-9-22-19-13-4-2-3-5-15(13)21(25)23(17)20(14)19/h2-10H,11H2,1H3. The first kappa shape index (κ1) is 15.6. The number of nitrogens with zero attached hydrogens (tertiary/aromatic N) is 2. The van der Waals surface area contributed by atoms with Crippen molar-refractivity contribution in [2.75, 3.05) is 13.7 Å². The van der Waals surface area contributed by atoms with Crippen LogP contribution in [0.2, 0.25) is 0 Å². The third-order valence-corrected chi connectivity index (χ3v) is 4.85. The predicted molar refractivity (Wildman–Crippen MR) is 103 cm³/mol. The molecule has 27 heavy (non-hydrogen) atoms. The van der Waals surface area contributed by atoms with Crippen molar-refractivity contribution in [3.8, 4) is 5.75 Å². The lowest BCUT2D eigenvalue weighted by Crippen LogP contribution is -2.13. The Morgan fingerprint density at radius 2 is 1.85 bits per heavy atom. The average molecular weight is 358 g/mol. The molecule has 0 radical (unpaired) electrons. The monoisotopic (exact) mass is 358 g/mol. The van der Waals surface area contributed by atoms with E-state index in [-0.39, 0.29) is 12.2 Å². The highest BCUT2D eigenvalue weighted by Crippen LogP contribution is 2.34. The van der Waals surface area contributed by atoms with Gasteiger partial charge in [0.2, 0.25) is 0 Å². The van der Waals surface area contributed by atoms with Crippen molar-refractivity contribution in [2.24, 2.45) is 0 Å². The molecule has 0 aliphatic heterocycles. The molecule has 0 aliphatic carbocycles. The van der Waals surface area contributed by atoms with Gasteiger partial charge in [-0.2, -0.15) is 0 Å². The molecule has 3 heterocycles. The molecule has 0 bridgehead atoms. The van der Waals surface area contributed by atoms with Crippen molar-refractivity contribution in [2.45, 2.75) is 0 Å². The Labute approximate surface area is 152 Å². The molecule has 0 fully saturated rings. The second kappa shape index (κ2) is 5.67. The summed E-state index contributed by atoms with van der Waals surface area (Å²) in [7, 11) is 1.32. The minimum Gasteiger partial charge on any atom is -0.482 e. The zero-order valence-corrected chi connectivity index (χ0v) is 14.4. The SMILES string of the molecule is COC(=O)COc1ccc2c(c1)c1ccnc3c4ccccc4c(=O)n2c13. The van der Waals surface area contributed by atoms with Crippen molar-refractivity contribution in [3.63, 3.8) is 0 Å². The quantitative estimate of drug-likeness (QED) is 0.366. The van der Waals surface area contributed by atoms with Crippen LogP contribution in [0.15, 0.2) is 59.5 Å². The number of benzene rings is 2. The summed E-state index contributed by atoms with van der Waals surface area (Å²) < 4.78 is 11.8. The summed E-state index contributed by atoms with van der Waals surface area (Å²) in [5, 5.41) is 3.26. The van der Waals surface area contributed by atoms with Crippen molar-refractivity contribution in [1.82, 2.24) is 9.38 Å². The van der Waals surface area contributed by atoms with E-state index in [4.69, 9.17) is 4.74 Å². The topological polar surface area (TPSA) is 69.9 Å². The summed E-state index contributed by atoms with van der Waals surface area (Å²) >= 11 is 0. The van der Waals surface area contributed by atoms with E-state index in [1.54, 1.807) is 16.7 Å². The van der Waals surface area contributed by atoms with Crippen LogP contribution in [-0.2, 0) is 9.53 Å². The third-order valence-electron chi connectivity index (χ3n) is 4.85. The summed E-state index contributed by atoms with van der Waals surface area (Å²) in [5.41, 5.74) is 2.29. The second-order valence-corrected chi connectivity index (χ2v) is 6.29. The van der Waals surface area contributed by atoms with Crippen LogP contribution in [0, 0.1) is 0 Å². The fourth-order valence-corrected chi connectivity index (χ4v) is 3.64. The molecule has 5 rings (SSSR count). The molecule has 0 amide bonds. The first-order chi connectivity index (χ1) is 13.2. The molecule has 0 saturated carbocycles. The number of esters is 1. The van der Waals surface area contributed by atoms with Crippen LogP contribution in [0.1, 0.15) is 0 Å². The number of carbonyl (C=O) groups excluding carboxylic acids is 1. The average Bonchev–Trinajstić information content (AvgIpc) is 3.05. The van der Waals surface area contributed by atoms with E-state index in [9.17, 15) is 9.59 Å². The van der Waals surface area contributed by atoms with Gasteiger partial charge in [0.05, 0.1) is 23.7 Å². The summed E-state index contributed by atoms with van der Waals surface area (Å²) in [6, 6.07) is 14.8. The smallest absolute Gasteiger partial charge is 0.343 e. The molecule has 132 valence electrons. The van der Waals surface area contributed by atoms with Crippen molar-refractivity contribution in [3.05, 3.63) is 65.1 Å². The zero-order chi connectivity index (χ0) is 18.5. The lowest BCUT2D eigenvalue weighted by Gasteiger charge is -2.05. The maximum absolute atomic E-state index is 13.2. The van der Waals surface area contributed by atoms with E-state index in [1.807, 2.05) is 42.5 Å².